The number of aromatic carboxylic acids is 1. The van der Waals surface area contributed by atoms with Gasteiger partial charge in [-0.25, -0.2) is 4.79 Å². The number of carbonyl (C=O) groups excluding carboxylic acids is 2. The minimum Gasteiger partial charge on any atom is -0.478 e. The van der Waals surface area contributed by atoms with Crippen molar-refractivity contribution in [2.75, 3.05) is 7.05 Å². The Hall–Kier alpha value is -2.31. The summed E-state index contributed by atoms with van der Waals surface area (Å²) in [7, 11) is 1.60. The summed E-state index contributed by atoms with van der Waals surface area (Å²) in [5, 5.41) is 11.8. The van der Waals surface area contributed by atoms with E-state index < -0.39 is 12.0 Å². The van der Waals surface area contributed by atoms with Crippen molar-refractivity contribution in [2.45, 2.75) is 52.1 Å². The Balaban J connectivity index is 1.92. The van der Waals surface area contributed by atoms with Gasteiger partial charge in [-0.05, 0) is 32.8 Å². The van der Waals surface area contributed by atoms with Gasteiger partial charge < -0.3 is 19.7 Å². The first-order valence-electron chi connectivity index (χ1n) is 8.17. The molecule has 0 spiro atoms. The zero-order chi connectivity index (χ0) is 17.9. The number of aryl methyl sites for hydroxylation is 1. The van der Waals surface area contributed by atoms with E-state index in [9.17, 15) is 14.4 Å². The zero-order valence-electron chi connectivity index (χ0n) is 14.3. The number of likely N-dealkylation sites (N-methyl/N-ethyl adjacent to an activating group) is 1. The van der Waals surface area contributed by atoms with Gasteiger partial charge in [0.15, 0.2) is 0 Å². The molecule has 0 bridgehead atoms. The Labute approximate surface area is 141 Å². The van der Waals surface area contributed by atoms with Gasteiger partial charge in [0.2, 0.25) is 11.8 Å². The molecule has 1 aromatic heterocycles. The molecule has 7 heteroatoms. The Morgan fingerprint density at radius 1 is 1.38 bits per heavy atom. The average molecular weight is 336 g/mol. The summed E-state index contributed by atoms with van der Waals surface area (Å²) >= 11 is 0. The lowest BCUT2D eigenvalue weighted by molar-refractivity contribution is -0.136. The quantitative estimate of drug-likeness (QED) is 0.827. The SMILES string of the molecule is Cc1oc(CN(C)C(=O)C(C)NC(=O)C2CCCC2)cc1C(=O)O. The van der Waals surface area contributed by atoms with Crippen LogP contribution < -0.4 is 5.32 Å². The number of amides is 2. The molecule has 0 aliphatic heterocycles. The number of carbonyl (C=O) groups is 3. The van der Waals surface area contributed by atoms with Crippen molar-refractivity contribution in [1.29, 1.82) is 0 Å². The maximum atomic E-state index is 12.4. The van der Waals surface area contributed by atoms with Gasteiger partial charge in [0.1, 0.15) is 23.1 Å². The summed E-state index contributed by atoms with van der Waals surface area (Å²) in [4.78, 5) is 36.9. The third-order valence-corrected chi connectivity index (χ3v) is 4.42. The van der Waals surface area contributed by atoms with E-state index in [0.717, 1.165) is 25.7 Å². The normalized spacial score (nSPS) is 16.0. The lowest BCUT2D eigenvalue weighted by atomic mass is 10.1. The third kappa shape index (κ3) is 4.15. The summed E-state index contributed by atoms with van der Waals surface area (Å²) in [6.45, 7) is 3.37. The largest absolute Gasteiger partial charge is 0.478 e. The second kappa shape index (κ2) is 7.51. The smallest absolute Gasteiger partial charge is 0.339 e. The molecule has 2 N–H and O–H groups in total. The lowest BCUT2D eigenvalue weighted by Gasteiger charge is -2.22. The fraction of sp³-hybridized carbons (Fsp3) is 0.588. The van der Waals surface area contributed by atoms with Crippen LogP contribution in [-0.2, 0) is 16.1 Å². The van der Waals surface area contributed by atoms with Crippen LogP contribution in [0, 0.1) is 12.8 Å². The number of carboxylic acids is 1. The van der Waals surface area contributed by atoms with E-state index in [1.165, 1.54) is 11.0 Å². The lowest BCUT2D eigenvalue weighted by Crippen LogP contribution is -2.46. The first kappa shape index (κ1) is 18.0. The minimum absolute atomic E-state index is 0.0106. The van der Waals surface area contributed by atoms with Crippen molar-refractivity contribution in [3.63, 3.8) is 0 Å². The number of hydrogen-bond donors (Lipinski definition) is 2. The molecule has 132 valence electrons. The van der Waals surface area contributed by atoms with Gasteiger partial charge >= 0.3 is 5.97 Å². The highest BCUT2D eigenvalue weighted by Crippen LogP contribution is 2.24. The van der Waals surface area contributed by atoms with Crippen molar-refractivity contribution < 1.29 is 23.9 Å². The van der Waals surface area contributed by atoms with Crippen molar-refractivity contribution >= 4 is 17.8 Å². The van der Waals surface area contributed by atoms with E-state index in [-0.39, 0.29) is 29.8 Å². The van der Waals surface area contributed by atoms with Gasteiger partial charge in [-0.1, -0.05) is 12.8 Å². The summed E-state index contributed by atoms with van der Waals surface area (Å²) in [6, 6.07) is 0.793. The van der Waals surface area contributed by atoms with Crippen molar-refractivity contribution in [3.8, 4) is 0 Å². The number of furan rings is 1. The van der Waals surface area contributed by atoms with E-state index in [1.54, 1.807) is 20.9 Å². The molecule has 1 saturated carbocycles. The fourth-order valence-corrected chi connectivity index (χ4v) is 3.06. The van der Waals surface area contributed by atoms with Crippen LogP contribution in [0.4, 0.5) is 0 Å². The van der Waals surface area contributed by atoms with Gasteiger partial charge in [-0.15, -0.1) is 0 Å². The van der Waals surface area contributed by atoms with Crippen molar-refractivity contribution in [2.24, 2.45) is 5.92 Å². The molecule has 1 unspecified atom stereocenters. The van der Waals surface area contributed by atoms with E-state index in [1.807, 2.05) is 0 Å². The van der Waals surface area contributed by atoms with Gasteiger partial charge in [-0.3, -0.25) is 9.59 Å². The maximum Gasteiger partial charge on any atom is 0.339 e. The summed E-state index contributed by atoms with van der Waals surface area (Å²) < 4.78 is 5.38. The number of nitrogens with one attached hydrogen (secondary N) is 1. The zero-order valence-corrected chi connectivity index (χ0v) is 14.3. The van der Waals surface area contributed by atoms with E-state index in [2.05, 4.69) is 5.32 Å². The molecule has 7 nitrogen and oxygen atoms in total. The molecule has 0 aromatic carbocycles. The van der Waals surface area contributed by atoms with Crippen LogP contribution in [0.15, 0.2) is 10.5 Å². The predicted molar refractivity (Wildman–Crippen MR) is 86.4 cm³/mol. The van der Waals surface area contributed by atoms with Crippen molar-refractivity contribution in [3.05, 3.63) is 23.2 Å². The molecular formula is C17H24N2O5. The molecule has 2 amide bonds. The van der Waals surface area contributed by atoms with Gasteiger partial charge in [0.05, 0.1) is 6.54 Å². The Kier molecular flexibility index (Phi) is 5.64. The van der Waals surface area contributed by atoms with Crippen LogP contribution in [0.1, 0.15) is 54.5 Å². The van der Waals surface area contributed by atoms with E-state index in [0.29, 0.717) is 11.5 Å². The first-order valence-corrected chi connectivity index (χ1v) is 8.17. The number of rotatable bonds is 6. The molecule has 1 aliphatic rings. The highest BCUT2D eigenvalue weighted by molar-refractivity contribution is 5.89. The second-order valence-corrected chi connectivity index (χ2v) is 6.39. The van der Waals surface area contributed by atoms with E-state index in [4.69, 9.17) is 9.52 Å². The molecule has 1 fully saturated rings. The Morgan fingerprint density at radius 3 is 2.54 bits per heavy atom. The first-order chi connectivity index (χ1) is 11.3. The van der Waals surface area contributed by atoms with E-state index >= 15 is 0 Å². The summed E-state index contributed by atoms with van der Waals surface area (Å²) in [5.41, 5.74) is 0.0911. The van der Waals surface area contributed by atoms with Crippen LogP contribution >= 0.6 is 0 Å². The van der Waals surface area contributed by atoms with Crippen LogP contribution in [-0.4, -0.2) is 40.9 Å². The van der Waals surface area contributed by atoms with Crippen LogP contribution in [0.5, 0.6) is 0 Å². The molecular weight excluding hydrogens is 312 g/mol. The minimum atomic E-state index is -1.06. The third-order valence-electron chi connectivity index (χ3n) is 4.42. The monoisotopic (exact) mass is 336 g/mol. The number of nitrogens with zero attached hydrogens (tertiary/aromatic N) is 1. The van der Waals surface area contributed by atoms with Crippen molar-refractivity contribution in [1.82, 2.24) is 10.2 Å². The standard InChI is InChI=1S/C17H24N2O5/c1-10(18-15(20)12-6-4-5-7-12)16(21)19(3)9-13-8-14(17(22)23)11(2)24-13/h8,10,12H,4-7,9H2,1-3H3,(H,18,20)(H,22,23). The molecule has 24 heavy (non-hydrogen) atoms. The number of carboxylic acid groups (broad SMARTS) is 1. The summed E-state index contributed by atoms with van der Waals surface area (Å²) in [5.74, 6) is -0.655. The summed E-state index contributed by atoms with van der Waals surface area (Å²) in [6.07, 6.45) is 3.88. The van der Waals surface area contributed by atoms with Gasteiger partial charge in [0, 0.05) is 13.0 Å². The Bertz CT molecular complexity index is 631. The van der Waals surface area contributed by atoms with Crippen LogP contribution in [0.3, 0.4) is 0 Å². The maximum absolute atomic E-state index is 12.4. The van der Waals surface area contributed by atoms with Gasteiger partial charge in [0.25, 0.3) is 0 Å². The van der Waals surface area contributed by atoms with Crippen LogP contribution in [0.25, 0.3) is 0 Å². The highest BCUT2D eigenvalue weighted by atomic mass is 16.4. The van der Waals surface area contributed by atoms with Crippen LogP contribution in [0.2, 0.25) is 0 Å². The molecule has 1 aromatic rings. The molecule has 1 aliphatic carbocycles. The Morgan fingerprint density at radius 2 is 2.00 bits per heavy atom. The molecule has 2 rings (SSSR count). The average Bonchev–Trinajstić information content (AvgIpc) is 3.15. The molecule has 1 heterocycles. The second-order valence-electron chi connectivity index (χ2n) is 6.39. The predicted octanol–water partition coefficient (Wildman–Crippen LogP) is 1.94. The molecule has 0 radical (unpaired) electrons. The topological polar surface area (TPSA) is 99.9 Å². The highest BCUT2D eigenvalue weighted by Gasteiger charge is 2.27. The fourth-order valence-electron chi connectivity index (χ4n) is 3.06. The molecule has 0 saturated heterocycles. The van der Waals surface area contributed by atoms with Gasteiger partial charge in [-0.2, -0.15) is 0 Å². The number of hydrogen-bond acceptors (Lipinski definition) is 4. The molecule has 1 atom stereocenters.